The topological polar surface area (TPSA) is 92.7 Å². The summed E-state index contributed by atoms with van der Waals surface area (Å²) >= 11 is 3.71. The quantitative estimate of drug-likeness (QED) is 0.703. The summed E-state index contributed by atoms with van der Waals surface area (Å²) in [5, 5.41) is 9.75. The van der Waals surface area contributed by atoms with Crippen molar-refractivity contribution in [3.8, 4) is 5.75 Å². The second-order valence-electron chi connectivity index (χ2n) is 5.83. The highest BCUT2D eigenvalue weighted by Crippen LogP contribution is 2.44. The molecule has 9 heteroatoms. The van der Waals surface area contributed by atoms with Crippen molar-refractivity contribution in [2.45, 2.75) is 15.9 Å². The lowest BCUT2D eigenvalue weighted by atomic mass is 10.2. The van der Waals surface area contributed by atoms with Crippen LogP contribution in [0.2, 0.25) is 0 Å². The van der Waals surface area contributed by atoms with E-state index < -0.39 is 16.0 Å². The van der Waals surface area contributed by atoms with Crippen molar-refractivity contribution in [1.82, 2.24) is 0 Å². The van der Waals surface area contributed by atoms with Gasteiger partial charge in [-0.2, -0.15) is 0 Å². The minimum atomic E-state index is -3.92. The molecule has 1 fully saturated rings. The highest BCUT2D eigenvalue weighted by molar-refractivity contribution is 8.16. The van der Waals surface area contributed by atoms with Gasteiger partial charge in [0, 0.05) is 5.69 Å². The molecule has 0 unspecified atom stereocenters. The Bertz CT molecular complexity index is 940. The van der Waals surface area contributed by atoms with Crippen molar-refractivity contribution >= 4 is 45.2 Å². The van der Waals surface area contributed by atoms with Gasteiger partial charge in [0.2, 0.25) is 0 Å². The zero-order valence-corrected chi connectivity index (χ0v) is 17.0. The van der Waals surface area contributed by atoms with E-state index in [-0.39, 0.29) is 16.2 Å². The first-order valence-electron chi connectivity index (χ1n) is 8.18. The number of phenolic OH excluding ortho intramolecular Hbond substituents is 1. The molecule has 2 N–H and O–H groups in total. The zero-order chi connectivity index (χ0) is 19.4. The van der Waals surface area contributed by atoms with Crippen LogP contribution in [0.4, 0.5) is 5.69 Å². The number of hydrogen-bond donors (Lipinski definition) is 2. The molecular formula is C18H19NO5S3. The van der Waals surface area contributed by atoms with Crippen molar-refractivity contribution in [2.24, 2.45) is 0 Å². The van der Waals surface area contributed by atoms with E-state index in [1.54, 1.807) is 6.07 Å². The Labute approximate surface area is 166 Å². The molecule has 0 amide bonds. The smallest absolute Gasteiger partial charge is 0.341 e. The van der Waals surface area contributed by atoms with E-state index in [0.717, 1.165) is 36.3 Å². The summed E-state index contributed by atoms with van der Waals surface area (Å²) in [6.45, 7) is 0. The van der Waals surface area contributed by atoms with Gasteiger partial charge in [0.05, 0.1) is 16.6 Å². The standard InChI is InChI=1S/C18H19NO5S3/c1-24-17(21)15-11-14(6-7-16(15)20)27(22,23)19-13-5-2-4-12(10-13)18-25-8-3-9-26-18/h2,4-7,10-11,18-20H,3,8-9H2,1H3. The molecule has 0 spiro atoms. The maximum absolute atomic E-state index is 12.7. The Morgan fingerprint density at radius 3 is 2.63 bits per heavy atom. The average Bonchev–Trinajstić information content (AvgIpc) is 2.68. The lowest BCUT2D eigenvalue weighted by Crippen LogP contribution is -2.14. The zero-order valence-electron chi connectivity index (χ0n) is 14.5. The van der Waals surface area contributed by atoms with Crippen LogP contribution < -0.4 is 4.72 Å². The molecule has 1 aliphatic heterocycles. The molecule has 1 aliphatic rings. The summed E-state index contributed by atoms with van der Waals surface area (Å²) < 4.78 is 32.8. The van der Waals surface area contributed by atoms with Crippen LogP contribution in [-0.2, 0) is 14.8 Å². The molecule has 1 heterocycles. The average molecular weight is 426 g/mol. The fourth-order valence-corrected chi connectivity index (χ4v) is 6.55. The first kappa shape index (κ1) is 19.9. The van der Waals surface area contributed by atoms with Gasteiger partial charge in [0.15, 0.2) is 0 Å². The molecule has 6 nitrogen and oxygen atoms in total. The van der Waals surface area contributed by atoms with Gasteiger partial charge in [0.25, 0.3) is 10.0 Å². The lowest BCUT2D eigenvalue weighted by molar-refractivity contribution is 0.0597. The Morgan fingerprint density at radius 2 is 1.93 bits per heavy atom. The van der Waals surface area contributed by atoms with E-state index in [0.29, 0.717) is 10.3 Å². The summed E-state index contributed by atoms with van der Waals surface area (Å²) in [5.74, 6) is 1.04. The van der Waals surface area contributed by atoms with E-state index in [4.69, 9.17) is 0 Å². The number of nitrogens with one attached hydrogen (secondary N) is 1. The highest BCUT2D eigenvalue weighted by atomic mass is 32.2. The predicted molar refractivity (Wildman–Crippen MR) is 109 cm³/mol. The number of aromatic hydroxyl groups is 1. The summed E-state index contributed by atoms with van der Waals surface area (Å²) in [6, 6.07) is 10.8. The number of ether oxygens (including phenoxy) is 1. The number of carbonyl (C=O) groups excluding carboxylic acids is 1. The van der Waals surface area contributed by atoms with Gasteiger partial charge in [-0.15, -0.1) is 23.5 Å². The van der Waals surface area contributed by atoms with Crippen LogP contribution in [0.25, 0.3) is 0 Å². The van der Waals surface area contributed by atoms with E-state index >= 15 is 0 Å². The predicted octanol–water partition coefficient (Wildman–Crippen LogP) is 3.85. The molecule has 2 aromatic carbocycles. The third-order valence-corrected chi connectivity index (χ3v) is 8.32. The lowest BCUT2D eigenvalue weighted by Gasteiger charge is -2.21. The number of carbonyl (C=O) groups is 1. The summed E-state index contributed by atoms with van der Waals surface area (Å²) in [7, 11) is -2.76. The molecule has 1 saturated heterocycles. The normalized spacial score (nSPS) is 15.3. The number of benzene rings is 2. The SMILES string of the molecule is COC(=O)c1cc(S(=O)(=O)Nc2cccc(C3SCCCS3)c2)ccc1O. The monoisotopic (exact) mass is 425 g/mol. The summed E-state index contributed by atoms with van der Waals surface area (Å²) in [5.41, 5.74) is 1.31. The molecule has 3 rings (SSSR count). The Balaban J connectivity index is 1.85. The van der Waals surface area contributed by atoms with Crippen molar-refractivity contribution in [2.75, 3.05) is 23.3 Å². The Kier molecular flexibility index (Phi) is 6.23. The summed E-state index contributed by atoms with van der Waals surface area (Å²) in [4.78, 5) is 11.6. The number of thioether (sulfide) groups is 2. The van der Waals surface area contributed by atoms with Gasteiger partial charge in [0.1, 0.15) is 11.3 Å². The maximum Gasteiger partial charge on any atom is 0.341 e. The molecule has 0 aromatic heterocycles. The number of rotatable bonds is 5. The van der Waals surface area contributed by atoms with Gasteiger partial charge >= 0.3 is 5.97 Å². The number of hydrogen-bond acceptors (Lipinski definition) is 7. The maximum atomic E-state index is 12.7. The van der Waals surface area contributed by atoms with Gasteiger partial charge in [-0.05, 0) is 53.8 Å². The summed E-state index contributed by atoms with van der Waals surface area (Å²) in [6.07, 6.45) is 1.18. The van der Waals surface area contributed by atoms with Crippen molar-refractivity contribution in [1.29, 1.82) is 0 Å². The van der Waals surface area contributed by atoms with E-state index in [1.165, 1.54) is 12.5 Å². The number of methoxy groups -OCH3 is 1. The molecule has 0 atom stereocenters. The van der Waals surface area contributed by atoms with E-state index in [9.17, 15) is 18.3 Å². The minimum Gasteiger partial charge on any atom is -0.507 e. The Morgan fingerprint density at radius 1 is 1.19 bits per heavy atom. The van der Waals surface area contributed by atoms with Crippen LogP contribution in [0.15, 0.2) is 47.4 Å². The van der Waals surface area contributed by atoms with Gasteiger partial charge in [-0.3, -0.25) is 4.72 Å². The molecule has 0 radical (unpaired) electrons. The fraction of sp³-hybridized carbons (Fsp3) is 0.278. The number of anilines is 1. The molecule has 2 aromatic rings. The highest BCUT2D eigenvalue weighted by Gasteiger charge is 2.21. The van der Waals surface area contributed by atoms with Gasteiger partial charge in [-0.1, -0.05) is 12.1 Å². The molecule has 0 saturated carbocycles. The third-order valence-electron chi connectivity index (χ3n) is 3.92. The van der Waals surface area contributed by atoms with Crippen molar-refractivity contribution in [3.05, 3.63) is 53.6 Å². The minimum absolute atomic E-state index is 0.132. The van der Waals surface area contributed by atoms with Crippen LogP contribution in [0, 0.1) is 0 Å². The fourth-order valence-electron chi connectivity index (χ4n) is 2.60. The molecule has 0 bridgehead atoms. The van der Waals surface area contributed by atoms with Crippen molar-refractivity contribution < 1.29 is 23.1 Å². The second-order valence-corrected chi connectivity index (χ2v) is 10.2. The van der Waals surface area contributed by atoms with Gasteiger partial charge < -0.3 is 9.84 Å². The van der Waals surface area contributed by atoms with Gasteiger partial charge in [-0.25, -0.2) is 13.2 Å². The van der Waals surface area contributed by atoms with Crippen LogP contribution in [0.1, 0.15) is 26.9 Å². The van der Waals surface area contributed by atoms with Crippen LogP contribution >= 0.6 is 23.5 Å². The first-order chi connectivity index (χ1) is 12.9. The molecule has 27 heavy (non-hydrogen) atoms. The number of esters is 1. The number of phenols is 1. The largest absolute Gasteiger partial charge is 0.507 e. The molecular weight excluding hydrogens is 406 g/mol. The second kappa shape index (κ2) is 8.45. The number of sulfonamides is 1. The van der Waals surface area contributed by atoms with E-state index in [2.05, 4.69) is 9.46 Å². The molecule has 0 aliphatic carbocycles. The van der Waals surface area contributed by atoms with Crippen LogP contribution in [0.3, 0.4) is 0 Å². The van der Waals surface area contributed by atoms with Crippen LogP contribution in [0.5, 0.6) is 5.75 Å². The molecule has 144 valence electrons. The Hall–Kier alpha value is -1.84. The van der Waals surface area contributed by atoms with Crippen LogP contribution in [-0.4, -0.2) is 38.1 Å². The van der Waals surface area contributed by atoms with Crippen molar-refractivity contribution in [3.63, 3.8) is 0 Å². The van der Waals surface area contributed by atoms with E-state index in [1.807, 2.05) is 41.7 Å². The first-order valence-corrected chi connectivity index (χ1v) is 11.8. The third kappa shape index (κ3) is 4.72.